The second kappa shape index (κ2) is 6.00. The van der Waals surface area contributed by atoms with Crippen molar-refractivity contribution in [2.24, 2.45) is 0 Å². The van der Waals surface area contributed by atoms with Crippen LogP contribution in [0.25, 0.3) is 0 Å². The summed E-state index contributed by atoms with van der Waals surface area (Å²) < 4.78 is 11.0. The Bertz CT molecular complexity index is 634. The zero-order valence-corrected chi connectivity index (χ0v) is 12.0. The van der Waals surface area contributed by atoms with Crippen LogP contribution in [0.5, 0.6) is 11.5 Å². The molecule has 1 atom stereocenters. The number of ketones is 1. The maximum absolute atomic E-state index is 12.4. The van der Waals surface area contributed by atoms with Crippen molar-refractivity contribution in [1.29, 1.82) is 0 Å². The van der Waals surface area contributed by atoms with Crippen LogP contribution in [0, 0.1) is 0 Å². The van der Waals surface area contributed by atoms with Gasteiger partial charge in [-0.1, -0.05) is 37.3 Å². The molecule has 1 unspecified atom stereocenters. The highest BCUT2D eigenvalue weighted by Crippen LogP contribution is 2.32. The zero-order chi connectivity index (χ0) is 14.7. The number of hydrogen-bond acceptors (Lipinski definition) is 3. The number of rotatable bonds is 4. The van der Waals surface area contributed by atoms with Gasteiger partial charge in [-0.2, -0.15) is 0 Å². The van der Waals surface area contributed by atoms with Gasteiger partial charge in [0.2, 0.25) is 0 Å². The van der Waals surface area contributed by atoms with Gasteiger partial charge in [-0.3, -0.25) is 4.79 Å². The minimum Gasteiger partial charge on any atom is -0.486 e. The molecule has 0 bridgehead atoms. The molecule has 2 aromatic carbocycles. The highest BCUT2D eigenvalue weighted by molar-refractivity contribution is 5.97. The molecule has 0 saturated heterocycles. The molecule has 1 heterocycles. The van der Waals surface area contributed by atoms with E-state index in [-0.39, 0.29) is 11.7 Å². The van der Waals surface area contributed by atoms with Gasteiger partial charge in [0.1, 0.15) is 13.2 Å². The van der Waals surface area contributed by atoms with E-state index in [1.807, 2.05) is 30.3 Å². The molecular formula is C18H18O3. The molecule has 0 amide bonds. The first-order chi connectivity index (χ1) is 10.2. The van der Waals surface area contributed by atoms with Gasteiger partial charge in [-0.15, -0.1) is 0 Å². The van der Waals surface area contributed by atoms with Gasteiger partial charge in [0.15, 0.2) is 17.3 Å². The SMILES string of the molecule is CC(CC(=O)c1ccc2c(c1)OCCO2)c1ccccc1. The molecule has 0 aliphatic carbocycles. The lowest BCUT2D eigenvalue weighted by atomic mass is 9.93. The summed E-state index contributed by atoms with van der Waals surface area (Å²) in [4.78, 5) is 12.4. The van der Waals surface area contributed by atoms with Crippen LogP contribution in [0.2, 0.25) is 0 Å². The Morgan fingerprint density at radius 2 is 1.76 bits per heavy atom. The number of Topliss-reactive ketones (excluding diaryl/α,β-unsaturated/α-hetero) is 1. The lowest BCUT2D eigenvalue weighted by Crippen LogP contribution is -2.16. The minimum atomic E-state index is 0.128. The van der Waals surface area contributed by atoms with Crippen molar-refractivity contribution in [2.75, 3.05) is 13.2 Å². The smallest absolute Gasteiger partial charge is 0.163 e. The largest absolute Gasteiger partial charge is 0.486 e. The van der Waals surface area contributed by atoms with E-state index in [2.05, 4.69) is 19.1 Å². The van der Waals surface area contributed by atoms with Gasteiger partial charge >= 0.3 is 0 Å². The van der Waals surface area contributed by atoms with Crippen LogP contribution in [-0.4, -0.2) is 19.0 Å². The van der Waals surface area contributed by atoms with Crippen molar-refractivity contribution in [3.8, 4) is 11.5 Å². The van der Waals surface area contributed by atoms with Crippen molar-refractivity contribution in [2.45, 2.75) is 19.3 Å². The summed E-state index contributed by atoms with van der Waals surface area (Å²) in [7, 11) is 0. The molecule has 0 aromatic heterocycles. The number of carbonyl (C=O) groups is 1. The highest BCUT2D eigenvalue weighted by Gasteiger charge is 2.17. The van der Waals surface area contributed by atoms with Crippen molar-refractivity contribution in [3.63, 3.8) is 0 Å². The molecule has 0 fully saturated rings. The second-order valence-corrected chi connectivity index (χ2v) is 5.30. The van der Waals surface area contributed by atoms with Gasteiger partial charge in [0.05, 0.1) is 0 Å². The Labute approximate surface area is 124 Å². The molecule has 0 spiro atoms. The molecule has 3 nitrogen and oxygen atoms in total. The maximum Gasteiger partial charge on any atom is 0.163 e. The van der Waals surface area contributed by atoms with E-state index in [4.69, 9.17) is 9.47 Å². The molecular weight excluding hydrogens is 264 g/mol. The quantitative estimate of drug-likeness (QED) is 0.799. The van der Waals surface area contributed by atoms with Crippen LogP contribution in [0.4, 0.5) is 0 Å². The molecule has 21 heavy (non-hydrogen) atoms. The van der Waals surface area contributed by atoms with E-state index in [1.165, 1.54) is 5.56 Å². The van der Waals surface area contributed by atoms with E-state index in [0.29, 0.717) is 36.7 Å². The number of ether oxygens (including phenoxy) is 2. The minimum absolute atomic E-state index is 0.128. The molecule has 2 aromatic rings. The predicted molar refractivity (Wildman–Crippen MR) is 81.2 cm³/mol. The van der Waals surface area contributed by atoms with Gasteiger partial charge in [-0.25, -0.2) is 0 Å². The normalized spacial score (nSPS) is 14.5. The molecule has 3 rings (SSSR count). The van der Waals surface area contributed by atoms with Crippen LogP contribution >= 0.6 is 0 Å². The van der Waals surface area contributed by atoms with Gasteiger partial charge in [-0.05, 0) is 29.7 Å². The fraction of sp³-hybridized carbons (Fsp3) is 0.278. The average Bonchev–Trinajstić information content (AvgIpc) is 2.55. The van der Waals surface area contributed by atoms with Gasteiger partial charge in [0.25, 0.3) is 0 Å². The summed E-state index contributed by atoms with van der Waals surface area (Å²) >= 11 is 0. The van der Waals surface area contributed by atoms with E-state index in [9.17, 15) is 4.79 Å². The molecule has 0 saturated carbocycles. The van der Waals surface area contributed by atoms with Crippen LogP contribution in [0.1, 0.15) is 35.2 Å². The zero-order valence-electron chi connectivity index (χ0n) is 12.0. The van der Waals surface area contributed by atoms with Crippen LogP contribution in [0.15, 0.2) is 48.5 Å². The lowest BCUT2D eigenvalue weighted by Gasteiger charge is -2.19. The van der Waals surface area contributed by atoms with E-state index >= 15 is 0 Å². The maximum atomic E-state index is 12.4. The molecule has 108 valence electrons. The van der Waals surface area contributed by atoms with Gasteiger partial charge in [0, 0.05) is 12.0 Å². The van der Waals surface area contributed by atoms with E-state index in [1.54, 1.807) is 6.07 Å². The first-order valence-electron chi connectivity index (χ1n) is 7.22. The summed E-state index contributed by atoms with van der Waals surface area (Å²) in [6.07, 6.45) is 0.490. The number of fused-ring (bicyclic) bond motifs is 1. The summed E-state index contributed by atoms with van der Waals surface area (Å²) in [5.41, 5.74) is 1.87. The Hall–Kier alpha value is -2.29. The first kappa shape index (κ1) is 13.7. The number of carbonyl (C=O) groups excluding carboxylic acids is 1. The predicted octanol–water partition coefficient (Wildman–Crippen LogP) is 3.83. The number of hydrogen-bond donors (Lipinski definition) is 0. The van der Waals surface area contributed by atoms with Gasteiger partial charge < -0.3 is 9.47 Å². The third-order valence-electron chi connectivity index (χ3n) is 3.72. The fourth-order valence-corrected chi connectivity index (χ4v) is 2.51. The average molecular weight is 282 g/mol. The fourth-order valence-electron chi connectivity index (χ4n) is 2.51. The summed E-state index contributed by atoms with van der Waals surface area (Å²) in [5, 5.41) is 0. The van der Waals surface area contributed by atoms with Crippen molar-refractivity contribution >= 4 is 5.78 Å². The van der Waals surface area contributed by atoms with Crippen molar-refractivity contribution in [1.82, 2.24) is 0 Å². The monoisotopic (exact) mass is 282 g/mol. The Morgan fingerprint density at radius 3 is 2.52 bits per heavy atom. The molecule has 0 radical (unpaired) electrons. The van der Waals surface area contributed by atoms with E-state index in [0.717, 1.165) is 0 Å². The Morgan fingerprint density at radius 1 is 1.05 bits per heavy atom. The van der Waals surface area contributed by atoms with E-state index < -0.39 is 0 Å². The summed E-state index contributed by atoms with van der Waals surface area (Å²) in [6.45, 7) is 3.17. The van der Waals surface area contributed by atoms with Crippen LogP contribution < -0.4 is 9.47 Å². The summed E-state index contributed by atoms with van der Waals surface area (Å²) in [5.74, 6) is 1.71. The first-order valence-corrected chi connectivity index (χ1v) is 7.22. The highest BCUT2D eigenvalue weighted by atomic mass is 16.6. The standard InChI is InChI=1S/C18H18O3/c1-13(14-5-3-2-4-6-14)11-16(19)15-7-8-17-18(12-15)21-10-9-20-17/h2-8,12-13H,9-11H2,1H3. The van der Waals surface area contributed by atoms with Crippen molar-refractivity contribution < 1.29 is 14.3 Å². The molecule has 0 N–H and O–H groups in total. The number of benzene rings is 2. The summed E-state index contributed by atoms with van der Waals surface area (Å²) in [6, 6.07) is 15.5. The lowest BCUT2D eigenvalue weighted by molar-refractivity contribution is 0.0974. The van der Waals surface area contributed by atoms with Crippen LogP contribution in [-0.2, 0) is 0 Å². The molecule has 1 aliphatic heterocycles. The van der Waals surface area contributed by atoms with Crippen LogP contribution in [0.3, 0.4) is 0 Å². The second-order valence-electron chi connectivity index (χ2n) is 5.30. The van der Waals surface area contributed by atoms with Crippen molar-refractivity contribution in [3.05, 3.63) is 59.7 Å². The Balaban J connectivity index is 1.73. The molecule has 3 heteroatoms. The topological polar surface area (TPSA) is 35.5 Å². The molecule has 1 aliphatic rings. The third kappa shape index (κ3) is 3.07. The third-order valence-corrected chi connectivity index (χ3v) is 3.72. The Kier molecular flexibility index (Phi) is 3.91.